The number of benzene rings is 1. The summed E-state index contributed by atoms with van der Waals surface area (Å²) in [4.78, 5) is 51.3. The Bertz CT molecular complexity index is 2250. The number of nitro benzene ring substituents is 1. The summed E-state index contributed by atoms with van der Waals surface area (Å²) in [5, 5.41) is 14.5. The number of nitrogens with zero attached hydrogens (tertiary/aromatic N) is 4. The van der Waals surface area contributed by atoms with Crippen LogP contribution in [-0.4, -0.2) is 80.4 Å². The maximum atomic E-state index is 13.9. The number of carbonyl (C=O) groups is 1. The molecular formula is C55H98N6O9Si3. The van der Waals surface area contributed by atoms with Gasteiger partial charge >= 0.3 is 6.09 Å². The molecule has 18 heteroatoms. The third kappa shape index (κ3) is 17.9. The smallest absolute Gasteiger partial charge is 0.414 e. The molecule has 414 valence electrons. The number of aromatic amines is 1. The van der Waals surface area contributed by atoms with Crippen molar-refractivity contribution < 1.29 is 32.5 Å². The molecule has 4 rings (SSSR count). The van der Waals surface area contributed by atoms with E-state index in [2.05, 4.69) is 124 Å². The molecule has 1 saturated heterocycles. The molecule has 0 spiro atoms. The summed E-state index contributed by atoms with van der Waals surface area (Å²) in [6.07, 6.45) is 18.5. The first-order valence-electron chi connectivity index (χ1n) is 27.8. The van der Waals surface area contributed by atoms with Gasteiger partial charge in [0.1, 0.15) is 24.4 Å². The topological polar surface area (TPSA) is 182 Å². The van der Waals surface area contributed by atoms with E-state index in [1.165, 1.54) is 95.9 Å². The van der Waals surface area contributed by atoms with E-state index in [4.69, 9.17) is 27.7 Å². The van der Waals surface area contributed by atoms with Crippen LogP contribution in [0.15, 0.2) is 35.4 Å². The van der Waals surface area contributed by atoms with Crippen LogP contribution >= 0.6 is 0 Å². The van der Waals surface area contributed by atoms with Crippen molar-refractivity contribution in [3.63, 3.8) is 0 Å². The van der Waals surface area contributed by atoms with Gasteiger partial charge in [-0.2, -0.15) is 4.98 Å². The Labute approximate surface area is 442 Å². The summed E-state index contributed by atoms with van der Waals surface area (Å²) >= 11 is 0. The summed E-state index contributed by atoms with van der Waals surface area (Å²) in [7, 11) is -7.22. The van der Waals surface area contributed by atoms with E-state index in [0.717, 1.165) is 19.3 Å². The molecule has 0 bridgehead atoms. The summed E-state index contributed by atoms with van der Waals surface area (Å²) in [6.45, 7) is 35.7. The predicted molar refractivity (Wildman–Crippen MR) is 304 cm³/mol. The van der Waals surface area contributed by atoms with Crippen molar-refractivity contribution in [2.24, 2.45) is 0 Å². The molecule has 1 fully saturated rings. The van der Waals surface area contributed by atoms with Crippen LogP contribution in [0.3, 0.4) is 0 Å². The molecule has 1 aromatic carbocycles. The number of unbranched alkanes of at least 4 members (excludes halogenated alkanes) is 16. The third-order valence-corrected chi connectivity index (χ3v) is 29.8. The number of nitrogens with one attached hydrogen (secondary N) is 2. The van der Waals surface area contributed by atoms with Crippen molar-refractivity contribution >= 4 is 53.8 Å². The Hall–Kier alpha value is -3.27. The molecule has 1 aliphatic rings. The van der Waals surface area contributed by atoms with E-state index < -0.39 is 72.2 Å². The Kier molecular flexibility index (Phi) is 23.2. The van der Waals surface area contributed by atoms with Crippen molar-refractivity contribution in [3.05, 3.63) is 56.6 Å². The fourth-order valence-corrected chi connectivity index (χ4v) is 12.2. The molecule has 73 heavy (non-hydrogen) atoms. The number of hydrogen-bond acceptors (Lipinski definition) is 11. The van der Waals surface area contributed by atoms with Gasteiger partial charge < -0.3 is 22.8 Å². The van der Waals surface area contributed by atoms with Gasteiger partial charge in [-0.25, -0.2) is 9.78 Å². The van der Waals surface area contributed by atoms with Gasteiger partial charge in [-0.1, -0.05) is 184 Å². The highest BCUT2D eigenvalue weighted by Crippen LogP contribution is 2.47. The van der Waals surface area contributed by atoms with E-state index in [1.54, 1.807) is 22.8 Å². The van der Waals surface area contributed by atoms with Crippen molar-refractivity contribution in [2.75, 3.05) is 11.9 Å². The molecular weight excluding hydrogens is 973 g/mol. The third-order valence-electron chi connectivity index (χ3n) is 16.4. The van der Waals surface area contributed by atoms with Gasteiger partial charge in [-0.15, -0.1) is 0 Å². The molecule has 3 heterocycles. The van der Waals surface area contributed by atoms with Gasteiger partial charge in [-0.3, -0.25) is 29.8 Å². The largest absolute Gasteiger partial charge is 0.441 e. The average molecular weight is 1070 g/mol. The Morgan fingerprint density at radius 1 is 0.753 bits per heavy atom. The minimum atomic E-state index is -2.52. The highest BCUT2D eigenvalue weighted by atomic mass is 28.4. The minimum absolute atomic E-state index is 0.0466. The Balaban J connectivity index is 1.53. The lowest BCUT2D eigenvalue weighted by molar-refractivity contribution is -0.386. The maximum absolute atomic E-state index is 13.9. The van der Waals surface area contributed by atoms with Crippen LogP contribution in [-0.2, 0) is 22.8 Å². The number of nitro groups is 1. The second kappa shape index (κ2) is 27.2. The Morgan fingerprint density at radius 3 is 1.73 bits per heavy atom. The van der Waals surface area contributed by atoms with Crippen molar-refractivity contribution in [1.82, 2.24) is 19.5 Å². The van der Waals surface area contributed by atoms with Crippen molar-refractivity contribution in [1.29, 1.82) is 0 Å². The molecule has 3 aromatic rings. The first-order chi connectivity index (χ1) is 34.0. The number of amides is 1. The lowest BCUT2D eigenvalue weighted by atomic mass is 10.00. The molecule has 0 radical (unpaired) electrons. The fourth-order valence-electron chi connectivity index (χ4n) is 8.56. The monoisotopic (exact) mass is 1070 g/mol. The zero-order valence-corrected chi connectivity index (χ0v) is 51.2. The molecule has 1 amide bonds. The number of ether oxygens (including phenoxy) is 2. The summed E-state index contributed by atoms with van der Waals surface area (Å²) in [5.74, 6) is -0.171. The number of hydrogen-bond donors (Lipinski definition) is 2. The lowest BCUT2D eigenvalue weighted by Gasteiger charge is -2.44. The van der Waals surface area contributed by atoms with Crippen LogP contribution in [0.1, 0.15) is 203 Å². The van der Waals surface area contributed by atoms with Gasteiger partial charge in [-0.05, 0) is 73.3 Å². The summed E-state index contributed by atoms with van der Waals surface area (Å²) in [6, 6.07) is 6.36. The number of anilines is 1. The molecule has 2 N–H and O–H groups in total. The van der Waals surface area contributed by atoms with Gasteiger partial charge in [0, 0.05) is 6.07 Å². The van der Waals surface area contributed by atoms with Gasteiger partial charge in [0.05, 0.1) is 23.4 Å². The molecule has 5 atom stereocenters. The van der Waals surface area contributed by atoms with Gasteiger partial charge in [0.25, 0.3) is 11.2 Å². The molecule has 2 unspecified atom stereocenters. The predicted octanol–water partition coefficient (Wildman–Crippen LogP) is 16.1. The number of carbonyl (C=O) groups excluding carboxylic acids is 1. The number of imidazole rings is 1. The number of para-hydroxylation sites is 1. The van der Waals surface area contributed by atoms with Crippen molar-refractivity contribution in [3.8, 4) is 0 Å². The van der Waals surface area contributed by atoms with Gasteiger partial charge in [0.2, 0.25) is 5.95 Å². The maximum Gasteiger partial charge on any atom is 0.414 e. The fraction of sp³-hybridized carbons (Fsp3) is 0.782. The lowest BCUT2D eigenvalue weighted by Crippen LogP contribution is -2.54. The van der Waals surface area contributed by atoms with E-state index in [0.29, 0.717) is 18.4 Å². The average Bonchev–Trinajstić information content (AvgIpc) is 3.85. The van der Waals surface area contributed by atoms with E-state index in [9.17, 15) is 19.7 Å². The number of fused-ring (bicyclic) bond motifs is 1. The van der Waals surface area contributed by atoms with Crippen LogP contribution in [0, 0.1) is 10.1 Å². The highest BCUT2D eigenvalue weighted by molar-refractivity contribution is 6.75. The van der Waals surface area contributed by atoms with Crippen molar-refractivity contribution in [2.45, 2.75) is 270 Å². The van der Waals surface area contributed by atoms with E-state index in [-0.39, 0.29) is 44.5 Å². The zero-order valence-electron chi connectivity index (χ0n) is 48.2. The number of aromatic nitrogens is 4. The summed E-state index contributed by atoms with van der Waals surface area (Å²) in [5.41, 5.74) is -0.179. The first-order valence-corrected chi connectivity index (χ1v) is 36.6. The zero-order chi connectivity index (χ0) is 54.4. The van der Waals surface area contributed by atoms with Crippen LogP contribution in [0.2, 0.25) is 54.4 Å². The molecule has 0 aliphatic carbocycles. The summed E-state index contributed by atoms with van der Waals surface area (Å²) < 4.78 is 36.3. The van der Waals surface area contributed by atoms with Crippen LogP contribution in [0.5, 0.6) is 0 Å². The number of H-pyrrole nitrogens is 1. The second-order valence-electron chi connectivity index (χ2n) is 25.3. The van der Waals surface area contributed by atoms with Crippen LogP contribution in [0.25, 0.3) is 11.2 Å². The van der Waals surface area contributed by atoms with Crippen LogP contribution < -0.4 is 10.9 Å². The highest BCUT2D eigenvalue weighted by Gasteiger charge is 2.55. The van der Waals surface area contributed by atoms with Crippen LogP contribution in [0.4, 0.5) is 16.4 Å². The molecule has 0 saturated carbocycles. The normalized spacial score (nSPS) is 18.6. The Morgan fingerprint density at radius 2 is 1.23 bits per heavy atom. The molecule has 1 aliphatic heterocycles. The first kappa shape index (κ1) is 62.3. The molecule has 2 aromatic heterocycles. The number of rotatable bonds is 30. The standard InChI is InChI=1S/C55H98N6O9Si3/c1-17-18-19-20-21-22-23-24-25-26-27-28-29-30-31-32-33-38-43(41-36-34-35-37-42(41)61(64)65)68-52(63)59-51-57-48-45(49(62)58-51)56-40-60(48)50-47(70-73(15,16)55(8,9)10)46(69-72(13,14)54(5,6)7)44(67-50)39-66-71(11,12)53(2,3)4/h34-37,40,43-44,46-47,50H,17-33,38-39H2,1-16H3,(H2,57,58,59,62,63)/t43?,44-,46+,47?,50-/m1/s1. The SMILES string of the molecule is CCCCCCCCCCCCCCCCCCCC(OC(=O)Nc1nc2c(ncn2[C@@H]2O[C@H](CO[Si](C)(C)C(C)(C)C)[C@H](O[Si](C)(C)C(C)(C)C)C2O[Si](C)(C)C(C)(C)C)c(=O)[nH]1)c1ccccc1[N+](=O)[O-]. The van der Waals surface area contributed by atoms with E-state index in [1.807, 2.05) is 0 Å². The second-order valence-corrected chi connectivity index (χ2v) is 39.7. The minimum Gasteiger partial charge on any atom is -0.441 e. The van der Waals surface area contributed by atoms with E-state index >= 15 is 0 Å². The molecule has 15 nitrogen and oxygen atoms in total. The quantitative estimate of drug-likeness (QED) is 0.0280. The van der Waals surface area contributed by atoms with Gasteiger partial charge in [0.15, 0.2) is 42.3 Å².